The number of hydrogen-bond donors (Lipinski definition) is 5. The maximum Gasteiger partial charge on any atom is 0.365 e. The fourth-order valence-electron chi connectivity index (χ4n) is 4.11. The zero-order valence-electron chi connectivity index (χ0n) is 15.1. The second-order valence-corrected chi connectivity index (χ2v) is 10.2. The van der Waals surface area contributed by atoms with Gasteiger partial charge in [0.15, 0.2) is 0 Å². The Kier molecular flexibility index (Phi) is 5.58. The summed E-state index contributed by atoms with van der Waals surface area (Å²) in [4.78, 5) is 26.1. The van der Waals surface area contributed by atoms with Crippen molar-refractivity contribution in [3.63, 3.8) is 0 Å². The van der Waals surface area contributed by atoms with Gasteiger partial charge in [-0.25, -0.2) is 9.93 Å². The molecule has 0 bridgehead atoms. The normalized spacial score (nSPS) is 34.6. The number of aliphatic hydroxyl groups is 1. The first kappa shape index (κ1) is 20.6. The van der Waals surface area contributed by atoms with E-state index in [1.807, 2.05) is 6.92 Å². The third-order valence-corrected chi connectivity index (χ3v) is 7.45. The SMILES string of the molecule is CC(O)C1C(=O)N2C(C(=O)O)=C(SC3CNC(CNS([NH3+])(=O)=O)C3)C(C)C12. The summed E-state index contributed by atoms with van der Waals surface area (Å²) in [7, 11) is -3.51. The molecule has 152 valence electrons. The molecule has 0 aliphatic carbocycles. The number of β-lactam (4-membered cyclic amide) rings is 1. The van der Waals surface area contributed by atoms with Crippen molar-refractivity contribution >= 4 is 33.8 Å². The van der Waals surface area contributed by atoms with Crippen molar-refractivity contribution in [2.45, 2.75) is 43.7 Å². The van der Waals surface area contributed by atoms with E-state index in [2.05, 4.69) is 15.2 Å². The highest BCUT2D eigenvalue weighted by atomic mass is 32.2. The van der Waals surface area contributed by atoms with E-state index in [9.17, 15) is 28.2 Å². The smallest absolute Gasteiger partial charge is 0.365 e. The Morgan fingerprint density at radius 2 is 2.19 bits per heavy atom. The summed E-state index contributed by atoms with van der Waals surface area (Å²) in [5, 5.41) is 25.8. The molecule has 12 heteroatoms. The van der Waals surface area contributed by atoms with Gasteiger partial charge < -0.3 is 20.4 Å². The van der Waals surface area contributed by atoms with Crippen LogP contribution in [0.1, 0.15) is 20.3 Å². The first-order chi connectivity index (χ1) is 12.5. The van der Waals surface area contributed by atoms with E-state index in [0.717, 1.165) is 0 Å². The molecule has 1 amide bonds. The molecule has 0 spiro atoms. The number of carbonyl (C=O) groups excluding carboxylic acids is 1. The number of thioether (sulfide) groups is 1. The van der Waals surface area contributed by atoms with Gasteiger partial charge in [0.1, 0.15) is 5.70 Å². The number of rotatable bonds is 7. The van der Waals surface area contributed by atoms with Crippen molar-refractivity contribution in [1.82, 2.24) is 14.9 Å². The van der Waals surface area contributed by atoms with Crippen LogP contribution in [0.5, 0.6) is 0 Å². The topological polar surface area (TPSA) is 164 Å². The van der Waals surface area contributed by atoms with Gasteiger partial charge in [-0.15, -0.1) is 11.8 Å². The lowest BCUT2D eigenvalue weighted by molar-refractivity contribution is -0.167. The number of aliphatic hydroxyl groups excluding tert-OH is 1. The summed E-state index contributed by atoms with van der Waals surface area (Å²) in [5.41, 5.74) is 0.0151. The molecule has 0 aromatic carbocycles. The zero-order chi connectivity index (χ0) is 20.1. The highest BCUT2D eigenvalue weighted by Crippen LogP contribution is 2.51. The molecule has 3 heterocycles. The van der Waals surface area contributed by atoms with Gasteiger partial charge in [0.2, 0.25) is 5.91 Å². The Bertz CT molecular complexity index is 783. The van der Waals surface area contributed by atoms with Gasteiger partial charge in [0, 0.05) is 35.2 Å². The number of amides is 1. The minimum Gasteiger partial charge on any atom is -0.477 e. The van der Waals surface area contributed by atoms with Crippen molar-refractivity contribution in [2.24, 2.45) is 11.8 Å². The first-order valence-electron chi connectivity index (χ1n) is 8.72. The van der Waals surface area contributed by atoms with Crippen LogP contribution in [0.4, 0.5) is 0 Å². The Morgan fingerprint density at radius 1 is 1.52 bits per heavy atom. The number of carbonyl (C=O) groups is 2. The Hall–Kier alpha value is -1.18. The van der Waals surface area contributed by atoms with E-state index < -0.39 is 28.2 Å². The molecule has 3 aliphatic rings. The molecule has 6 unspecified atom stereocenters. The molecular weight excluding hydrogens is 396 g/mol. The Morgan fingerprint density at radius 3 is 2.74 bits per heavy atom. The van der Waals surface area contributed by atoms with Gasteiger partial charge in [-0.2, -0.15) is 13.1 Å². The zero-order valence-corrected chi connectivity index (χ0v) is 16.7. The summed E-state index contributed by atoms with van der Waals surface area (Å²) in [6, 6.07) is -0.386. The van der Waals surface area contributed by atoms with Crippen LogP contribution in [0.2, 0.25) is 0 Å². The predicted octanol–water partition coefficient (Wildman–Crippen LogP) is -2.32. The lowest BCUT2D eigenvalue weighted by Gasteiger charge is -2.46. The number of fused-ring (bicyclic) bond motifs is 1. The molecule has 0 saturated carbocycles. The van der Waals surface area contributed by atoms with Crippen molar-refractivity contribution in [3.8, 4) is 0 Å². The Labute approximate surface area is 161 Å². The van der Waals surface area contributed by atoms with Crippen LogP contribution in [0.3, 0.4) is 0 Å². The number of nitrogens with one attached hydrogen (secondary N) is 2. The van der Waals surface area contributed by atoms with E-state index in [0.29, 0.717) is 17.9 Å². The van der Waals surface area contributed by atoms with E-state index in [4.69, 9.17) is 0 Å². The van der Waals surface area contributed by atoms with Crippen LogP contribution in [-0.4, -0.2) is 71.9 Å². The van der Waals surface area contributed by atoms with Gasteiger partial charge in [0.05, 0.1) is 18.1 Å². The van der Waals surface area contributed by atoms with Crippen LogP contribution in [0.15, 0.2) is 10.6 Å². The Balaban J connectivity index is 1.71. The van der Waals surface area contributed by atoms with Gasteiger partial charge >= 0.3 is 16.2 Å². The molecular formula is C15H25N4O6S2+. The van der Waals surface area contributed by atoms with Crippen LogP contribution in [0.25, 0.3) is 0 Å². The number of carboxylic acid groups (broad SMARTS) is 1. The minimum absolute atomic E-state index is 0.0151. The largest absolute Gasteiger partial charge is 0.477 e. The lowest BCUT2D eigenvalue weighted by Crippen LogP contribution is -2.64. The van der Waals surface area contributed by atoms with E-state index in [-0.39, 0.29) is 41.4 Å². The molecule has 3 rings (SSSR count). The second kappa shape index (κ2) is 7.33. The lowest BCUT2D eigenvalue weighted by atomic mass is 9.79. The molecule has 2 fully saturated rings. The monoisotopic (exact) mass is 421 g/mol. The summed E-state index contributed by atoms with van der Waals surface area (Å²) in [5.74, 6) is -2.23. The quantitative estimate of drug-likeness (QED) is 0.286. The molecule has 0 radical (unpaired) electrons. The van der Waals surface area contributed by atoms with E-state index in [1.165, 1.54) is 16.7 Å². The third-order valence-electron chi connectivity index (χ3n) is 5.34. The van der Waals surface area contributed by atoms with Gasteiger partial charge in [-0.1, -0.05) is 6.92 Å². The number of aliphatic carboxylic acids is 1. The minimum atomic E-state index is -3.51. The number of nitrogens with zero attached hydrogens (tertiary/aromatic N) is 1. The maximum absolute atomic E-state index is 12.3. The molecule has 10 nitrogen and oxygen atoms in total. The molecule has 0 aromatic heterocycles. The second-order valence-electron chi connectivity index (χ2n) is 7.32. The third kappa shape index (κ3) is 3.87. The van der Waals surface area contributed by atoms with Crippen LogP contribution in [-0.2, 0) is 19.8 Å². The van der Waals surface area contributed by atoms with E-state index >= 15 is 0 Å². The summed E-state index contributed by atoms with van der Waals surface area (Å²) in [6.45, 7) is 4.26. The highest BCUT2D eigenvalue weighted by molar-refractivity contribution is 8.03. The number of carboxylic acids is 1. The van der Waals surface area contributed by atoms with Gasteiger partial charge in [-0.05, 0) is 13.3 Å². The standard InChI is InChI=1S/C15H24N4O6S2/c1-6-11-10(7(2)20)14(21)19(11)12(15(22)23)13(6)26-9-3-8(17-5-9)4-18-27(16,24)25/h6-11,17-18,20H,3-5H2,1-2H3,(H,22,23)(H2,16,24,25)/p+1. The molecule has 27 heavy (non-hydrogen) atoms. The highest BCUT2D eigenvalue weighted by Gasteiger charge is 2.60. The number of hydrogen-bond acceptors (Lipinski definition) is 7. The average Bonchev–Trinajstić information content (AvgIpc) is 3.07. The fraction of sp³-hybridized carbons (Fsp3) is 0.733. The van der Waals surface area contributed by atoms with Crippen LogP contribution < -0.4 is 15.2 Å². The fourth-order valence-corrected chi connectivity index (χ4v) is 6.09. The van der Waals surface area contributed by atoms with Gasteiger partial charge in [0.25, 0.3) is 0 Å². The summed E-state index contributed by atoms with van der Waals surface area (Å²) in [6.07, 6.45) is -0.164. The maximum atomic E-state index is 12.3. The van der Waals surface area contributed by atoms with Crippen molar-refractivity contribution in [1.29, 1.82) is 0 Å². The molecule has 6 atom stereocenters. The first-order valence-corrected chi connectivity index (χ1v) is 11.3. The van der Waals surface area contributed by atoms with Crippen molar-refractivity contribution in [2.75, 3.05) is 13.1 Å². The van der Waals surface area contributed by atoms with Gasteiger partial charge in [-0.3, -0.25) is 4.79 Å². The summed E-state index contributed by atoms with van der Waals surface area (Å²) >= 11 is 1.43. The van der Waals surface area contributed by atoms with E-state index in [1.54, 1.807) is 6.92 Å². The van der Waals surface area contributed by atoms with Crippen molar-refractivity contribution < 1.29 is 33.4 Å². The predicted molar refractivity (Wildman–Crippen MR) is 97.2 cm³/mol. The number of quaternary nitrogens is 1. The average molecular weight is 422 g/mol. The molecule has 2 saturated heterocycles. The van der Waals surface area contributed by atoms with Crippen LogP contribution in [0, 0.1) is 11.8 Å². The van der Waals surface area contributed by atoms with Crippen LogP contribution >= 0.6 is 11.8 Å². The van der Waals surface area contributed by atoms with Crippen molar-refractivity contribution in [3.05, 3.63) is 10.6 Å². The molecule has 7 N–H and O–H groups in total. The molecule has 3 aliphatic heterocycles. The summed E-state index contributed by atoms with van der Waals surface area (Å²) < 4.78 is 24.6. The molecule has 0 aromatic rings.